The van der Waals surface area contributed by atoms with E-state index in [2.05, 4.69) is 15.5 Å². The van der Waals surface area contributed by atoms with Gasteiger partial charge in [-0.25, -0.2) is 0 Å². The molecule has 0 saturated heterocycles. The smallest absolute Gasteiger partial charge is 0.233 e. The highest BCUT2D eigenvalue weighted by molar-refractivity contribution is 6.31. The maximum atomic E-state index is 11.4. The molecule has 0 spiro atoms. The third kappa shape index (κ3) is 2.59. The molecule has 0 aliphatic heterocycles. The monoisotopic (exact) mass is 356 g/mol. The van der Waals surface area contributed by atoms with Crippen LogP contribution in [0.1, 0.15) is 18.4 Å². The third-order valence-electron chi connectivity index (χ3n) is 5.02. The zero-order chi connectivity index (χ0) is 15.5. The number of nitrogens with one attached hydrogen (secondary N) is 2. The Morgan fingerprint density at radius 1 is 1.48 bits per heavy atom. The number of aromatic amines is 1. The molecular formula is C15H18Cl2N4O2. The summed E-state index contributed by atoms with van der Waals surface area (Å²) in [4.78, 5) is 11.4. The van der Waals surface area contributed by atoms with E-state index < -0.39 is 5.60 Å². The first-order chi connectivity index (χ1) is 10.5. The molecule has 0 radical (unpaired) electrons. The van der Waals surface area contributed by atoms with Crippen LogP contribution in [-0.2, 0) is 10.4 Å². The second kappa shape index (κ2) is 5.63. The number of amides is 1. The van der Waals surface area contributed by atoms with Crippen LogP contribution >= 0.6 is 24.0 Å². The quantitative estimate of drug-likeness (QED) is 0.665. The number of nitrogens with two attached hydrogens (primary N) is 1. The van der Waals surface area contributed by atoms with Crippen LogP contribution in [0.15, 0.2) is 18.3 Å². The van der Waals surface area contributed by atoms with Gasteiger partial charge < -0.3 is 16.2 Å². The van der Waals surface area contributed by atoms with E-state index in [1.807, 2.05) is 6.07 Å². The van der Waals surface area contributed by atoms with Gasteiger partial charge in [0.05, 0.1) is 23.9 Å². The van der Waals surface area contributed by atoms with Crippen molar-refractivity contribution in [3.05, 3.63) is 28.9 Å². The summed E-state index contributed by atoms with van der Waals surface area (Å²) in [5.74, 6) is 0.478. The molecule has 23 heavy (non-hydrogen) atoms. The summed E-state index contributed by atoms with van der Waals surface area (Å²) in [6.45, 7) is 0.00411. The number of halogens is 2. The molecule has 2 aliphatic carbocycles. The van der Waals surface area contributed by atoms with E-state index in [9.17, 15) is 9.90 Å². The first-order valence-electron chi connectivity index (χ1n) is 7.37. The van der Waals surface area contributed by atoms with Crippen molar-refractivity contribution in [1.29, 1.82) is 0 Å². The molecule has 2 aliphatic rings. The van der Waals surface area contributed by atoms with Crippen molar-refractivity contribution in [1.82, 2.24) is 15.5 Å². The van der Waals surface area contributed by atoms with Gasteiger partial charge in [-0.2, -0.15) is 5.10 Å². The van der Waals surface area contributed by atoms with E-state index in [0.717, 1.165) is 16.5 Å². The van der Waals surface area contributed by atoms with E-state index in [1.54, 1.807) is 12.3 Å². The minimum absolute atomic E-state index is 0. The van der Waals surface area contributed by atoms with Crippen LogP contribution < -0.4 is 11.1 Å². The molecule has 8 heteroatoms. The molecule has 1 amide bonds. The van der Waals surface area contributed by atoms with Gasteiger partial charge in [0.1, 0.15) is 0 Å². The van der Waals surface area contributed by atoms with Crippen molar-refractivity contribution in [2.75, 3.05) is 6.54 Å². The lowest BCUT2D eigenvalue weighted by Crippen LogP contribution is -2.36. The van der Waals surface area contributed by atoms with Crippen molar-refractivity contribution in [2.45, 2.75) is 24.5 Å². The molecule has 1 heterocycles. The Bertz CT molecular complexity index is 751. The number of carbonyl (C=O) groups is 1. The fourth-order valence-corrected chi connectivity index (χ4v) is 4.16. The van der Waals surface area contributed by atoms with E-state index in [0.29, 0.717) is 29.7 Å². The van der Waals surface area contributed by atoms with Crippen LogP contribution in [-0.4, -0.2) is 33.8 Å². The van der Waals surface area contributed by atoms with Gasteiger partial charge in [0.25, 0.3) is 0 Å². The first kappa shape index (κ1) is 16.5. The average Bonchev–Trinajstić information content (AvgIpc) is 2.86. The molecule has 1 aromatic carbocycles. The summed E-state index contributed by atoms with van der Waals surface area (Å²) in [6.07, 6.45) is 2.96. The number of benzene rings is 1. The standard InChI is InChI=1S/C15H17ClN4O2.ClH/c16-7-1-11(10-6-18-20-12(10)2-7)15(22)3-8-9(4-15)14(8)19-13(21)5-17;/h1-2,6,8-9,14,22H,3-5,17H2,(H,18,20)(H,19,21);1H/t8-,9+,14+,15-;. The Morgan fingerprint density at radius 3 is 2.83 bits per heavy atom. The number of rotatable bonds is 3. The minimum Gasteiger partial charge on any atom is -0.385 e. The minimum atomic E-state index is -0.910. The lowest BCUT2D eigenvalue weighted by Gasteiger charge is -2.27. The number of nitrogens with zero attached hydrogens (tertiary/aromatic N) is 1. The van der Waals surface area contributed by atoms with E-state index >= 15 is 0 Å². The van der Waals surface area contributed by atoms with Crippen LogP contribution in [0, 0.1) is 11.8 Å². The molecule has 0 unspecified atom stereocenters. The number of aliphatic hydroxyl groups is 1. The molecule has 2 fully saturated rings. The summed E-state index contributed by atoms with van der Waals surface area (Å²) >= 11 is 6.16. The lowest BCUT2D eigenvalue weighted by molar-refractivity contribution is -0.120. The molecule has 5 N–H and O–H groups in total. The Morgan fingerprint density at radius 2 is 2.17 bits per heavy atom. The highest BCUT2D eigenvalue weighted by Crippen LogP contribution is 2.60. The van der Waals surface area contributed by atoms with Crippen molar-refractivity contribution in [3.8, 4) is 0 Å². The highest BCUT2D eigenvalue weighted by atomic mass is 35.5. The van der Waals surface area contributed by atoms with Gasteiger partial charge in [0.2, 0.25) is 5.91 Å². The van der Waals surface area contributed by atoms with Gasteiger partial charge in [0.15, 0.2) is 0 Å². The van der Waals surface area contributed by atoms with E-state index in [-0.39, 0.29) is 30.9 Å². The third-order valence-corrected chi connectivity index (χ3v) is 5.23. The summed E-state index contributed by atoms with van der Waals surface area (Å²) in [7, 11) is 0. The molecule has 4 atom stereocenters. The molecule has 124 valence electrons. The SMILES string of the molecule is Cl.NCC(=O)N[C@H]1[C@@H]2C[C@](O)(c3cc(Cl)cc4[nH]ncc34)C[C@@H]21. The van der Waals surface area contributed by atoms with Crippen LogP contribution in [0.5, 0.6) is 0 Å². The molecule has 6 nitrogen and oxygen atoms in total. The van der Waals surface area contributed by atoms with Crippen LogP contribution in [0.3, 0.4) is 0 Å². The highest BCUT2D eigenvalue weighted by Gasteiger charge is 2.62. The predicted molar refractivity (Wildman–Crippen MR) is 89.4 cm³/mol. The van der Waals surface area contributed by atoms with Gasteiger partial charge in [-0.15, -0.1) is 12.4 Å². The van der Waals surface area contributed by atoms with E-state index in [4.69, 9.17) is 17.3 Å². The molecule has 2 saturated carbocycles. The maximum absolute atomic E-state index is 11.4. The van der Waals surface area contributed by atoms with Crippen LogP contribution in [0.4, 0.5) is 0 Å². The van der Waals surface area contributed by atoms with Crippen LogP contribution in [0.2, 0.25) is 5.02 Å². The van der Waals surface area contributed by atoms with E-state index in [1.165, 1.54) is 0 Å². The first-order valence-corrected chi connectivity index (χ1v) is 7.74. The number of carbonyl (C=O) groups excluding carboxylic acids is 1. The van der Waals surface area contributed by atoms with Gasteiger partial charge in [0, 0.05) is 16.5 Å². The topological polar surface area (TPSA) is 104 Å². The Kier molecular flexibility index (Phi) is 4.04. The maximum Gasteiger partial charge on any atom is 0.233 e. The van der Waals surface area contributed by atoms with Crippen molar-refractivity contribution >= 4 is 40.8 Å². The molecule has 1 aromatic heterocycles. The van der Waals surface area contributed by atoms with Crippen molar-refractivity contribution in [2.24, 2.45) is 17.6 Å². The number of H-pyrrole nitrogens is 1. The molecule has 4 rings (SSSR count). The largest absolute Gasteiger partial charge is 0.385 e. The summed E-state index contributed by atoms with van der Waals surface area (Å²) in [5, 5.41) is 22.4. The second-order valence-electron chi connectivity index (χ2n) is 6.35. The van der Waals surface area contributed by atoms with Crippen molar-refractivity contribution < 1.29 is 9.90 Å². The average molecular weight is 357 g/mol. The Balaban J connectivity index is 0.00000156. The summed E-state index contributed by atoms with van der Waals surface area (Å²) in [6, 6.07) is 3.77. The Labute approximate surface area is 144 Å². The zero-order valence-corrected chi connectivity index (χ0v) is 13.8. The van der Waals surface area contributed by atoms with Crippen LogP contribution in [0.25, 0.3) is 10.9 Å². The van der Waals surface area contributed by atoms with Gasteiger partial charge in [-0.05, 0) is 42.4 Å². The normalized spacial score (nSPS) is 31.5. The molecule has 0 bridgehead atoms. The second-order valence-corrected chi connectivity index (χ2v) is 6.79. The number of aromatic nitrogens is 2. The zero-order valence-electron chi connectivity index (χ0n) is 12.3. The lowest BCUT2D eigenvalue weighted by atomic mass is 9.86. The van der Waals surface area contributed by atoms with Crippen molar-refractivity contribution in [3.63, 3.8) is 0 Å². The molecule has 2 aromatic rings. The number of hydrogen-bond donors (Lipinski definition) is 4. The van der Waals surface area contributed by atoms with Gasteiger partial charge >= 0.3 is 0 Å². The van der Waals surface area contributed by atoms with Gasteiger partial charge in [-0.1, -0.05) is 11.6 Å². The number of fused-ring (bicyclic) bond motifs is 2. The fraction of sp³-hybridized carbons (Fsp3) is 0.467. The predicted octanol–water partition coefficient (Wildman–Crippen LogP) is 1.31. The summed E-state index contributed by atoms with van der Waals surface area (Å²) < 4.78 is 0. The Hall–Kier alpha value is -1.34. The molecular weight excluding hydrogens is 339 g/mol. The fourth-order valence-electron chi connectivity index (χ4n) is 3.94. The number of hydrogen-bond acceptors (Lipinski definition) is 4. The summed E-state index contributed by atoms with van der Waals surface area (Å²) in [5.41, 5.74) is 6.06. The van der Waals surface area contributed by atoms with Gasteiger partial charge in [-0.3, -0.25) is 9.89 Å².